The molecule has 1 saturated heterocycles. The van der Waals surface area contributed by atoms with Gasteiger partial charge < -0.3 is 10.2 Å². The maximum Gasteiger partial charge on any atom is 0.417 e. The summed E-state index contributed by atoms with van der Waals surface area (Å²) in [6.45, 7) is 5.44. The van der Waals surface area contributed by atoms with Crippen molar-refractivity contribution in [3.05, 3.63) is 35.4 Å². The smallest absolute Gasteiger partial charge is 0.353 e. The molecule has 1 aromatic rings. The molecule has 1 aliphatic rings. The first-order valence-corrected chi connectivity index (χ1v) is 8.15. The first-order chi connectivity index (χ1) is 11.7. The van der Waals surface area contributed by atoms with Gasteiger partial charge in [0, 0.05) is 32.2 Å². The molecule has 5 nitrogen and oxygen atoms in total. The molecule has 2 rings (SSSR count). The summed E-state index contributed by atoms with van der Waals surface area (Å²) in [6, 6.07) is 4.86. The van der Waals surface area contributed by atoms with Gasteiger partial charge in [-0.15, -0.1) is 0 Å². The molecule has 1 aromatic carbocycles. The van der Waals surface area contributed by atoms with Crippen molar-refractivity contribution in [3.8, 4) is 0 Å². The SMILES string of the molecule is CC(C)NC(=O)CN1CCN(C(=O)c2ccccc2C(F)(F)F)CC1. The number of carbonyl (C=O) groups is 2. The van der Waals surface area contributed by atoms with Crippen LogP contribution < -0.4 is 5.32 Å². The van der Waals surface area contributed by atoms with Crippen molar-refractivity contribution in [3.63, 3.8) is 0 Å². The fourth-order valence-corrected chi connectivity index (χ4v) is 2.77. The molecule has 1 heterocycles. The van der Waals surface area contributed by atoms with E-state index in [4.69, 9.17) is 0 Å². The van der Waals surface area contributed by atoms with Gasteiger partial charge in [-0.25, -0.2) is 0 Å². The normalized spacial score (nSPS) is 16.2. The zero-order valence-electron chi connectivity index (χ0n) is 14.3. The number of rotatable bonds is 4. The summed E-state index contributed by atoms with van der Waals surface area (Å²) in [5.74, 6) is -0.726. The van der Waals surface area contributed by atoms with Gasteiger partial charge in [-0.3, -0.25) is 14.5 Å². The minimum Gasteiger partial charge on any atom is -0.353 e. The first kappa shape index (κ1) is 19.2. The van der Waals surface area contributed by atoms with Gasteiger partial charge in [-0.2, -0.15) is 13.2 Å². The Balaban J connectivity index is 1.97. The zero-order chi connectivity index (χ0) is 18.6. The Morgan fingerprint density at radius 3 is 2.28 bits per heavy atom. The van der Waals surface area contributed by atoms with Crippen molar-refractivity contribution in [2.75, 3.05) is 32.7 Å². The highest BCUT2D eigenvalue weighted by atomic mass is 19.4. The fraction of sp³-hybridized carbons (Fsp3) is 0.529. The third-order valence-electron chi connectivity index (χ3n) is 3.94. The molecule has 1 aliphatic heterocycles. The third kappa shape index (κ3) is 5.19. The van der Waals surface area contributed by atoms with E-state index >= 15 is 0 Å². The Labute approximate surface area is 144 Å². The molecule has 0 radical (unpaired) electrons. The van der Waals surface area contributed by atoms with Crippen LogP contribution in [-0.2, 0) is 11.0 Å². The second-order valence-corrected chi connectivity index (χ2v) is 6.33. The molecule has 0 aliphatic carbocycles. The number of carbonyl (C=O) groups excluding carboxylic acids is 2. The molecule has 0 atom stereocenters. The summed E-state index contributed by atoms with van der Waals surface area (Å²) in [5.41, 5.74) is -1.25. The van der Waals surface area contributed by atoms with Crippen molar-refractivity contribution in [2.45, 2.75) is 26.1 Å². The van der Waals surface area contributed by atoms with Crippen molar-refractivity contribution in [1.82, 2.24) is 15.1 Å². The average molecular weight is 357 g/mol. The van der Waals surface area contributed by atoms with Crippen LogP contribution in [-0.4, -0.2) is 60.4 Å². The van der Waals surface area contributed by atoms with E-state index in [2.05, 4.69) is 5.32 Å². The van der Waals surface area contributed by atoms with E-state index in [1.165, 1.54) is 23.1 Å². The predicted octanol–water partition coefficient (Wildman–Crippen LogP) is 1.99. The minimum absolute atomic E-state index is 0.0502. The monoisotopic (exact) mass is 357 g/mol. The van der Waals surface area contributed by atoms with E-state index in [1.54, 1.807) is 0 Å². The van der Waals surface area contributed by atoms with E-state index in [0.717, 1.165) is 6.07 Å². The van der Waals surface area contributed by atoms with Gasteiger partial charge in [0.15, 0.2) is 0 Å². The van der Waals surface area contributed by atoms with Gasteiger partial charge in [0.05, 0.1) is 17.7 Å². The van der Waals surface area contributed by atoms with Crippen LogP contribution in [0.15, 0.2) is 24.3 Å². The highest BCUT2D eigenvalue weighted by molar-refractivity contribution is 5.96. The topological polar surface area (TPSA) is 52.7 Å². The number of hydrogen-bond donors (Lipinski definition) is 1. The molecule has 25 heavy (non-hydrogen) atoms. The van der Waals surface area contributed by atoms with Gasteiger partial charge in [0.25, 0.3) is 5.91 Å². The Bertz CT molecular complexity index is 624. The highest BCUT2D eigenvalue weighted by Gasteiger charge is 2.36. The third-order valence-corrected chi connectivity index (χ3v) is 3.94. The number of amides is 2. The standard InChI is InChI=1S/C17H22F3N3O2/c1-12(2)21-15(24)11-22-7-9-23(10-8-22)16(25)13-5-3-4-6-14(13)17(18,19)20/h3-6,12H,7-11H2,1-2H3,(H,21,24). The second kappa shape index (κ2) is 7.86. The lowest BCUT2D eigenvalue weighted by molar-refractivity contribution is -0.138. The van der Waals surface area contributed by atoms with E-state index in [1.807, 2.05) is 18.7 Å². The second-order valence-electron chi connectivity index (χ2n) is 6.33. The van der Waals surface area contributed by atoms with Crippen molar-refractivity contribution < 1.29 is 22.8 Å². The molecule has 1 fully saturated rings. The van der Waals surface area contributed by atoms with Crippen LogP contribution >= 0.6 is 0 Å². The molecule has 2 amide bonds. The number of nitrogens with zero attached hydrogens (tertiary/aromatic N) is 2. The molecule has 1 N–H and O–H groups in total. The predicted molar refractivity (Wildman–Crippen MR) is 87.1 cm³/mol. The van der Waals surface area contributed by atoms with E-state index in [0.29, 0.717) is 26.2 Å². The van der Waals surface area contributed by atoms with Crippen LogP contribution in [0.2, 0.25) is 0 Å². The minimum atomic E-state index is -4.57. The Hall–Kier alpha value is -2.09. The summed E-state index contributed by atoms with van der Waals surface area (Å²) < 4.78 is 39.2. The Morgan fingerprint density at radius 2 is 1.72 bits per heavy atom. The molecule has 138 valence electrons. The molecular weight excluding hydrogens is 335 g/mol. The number of hydrogen-bond acceptors (Lipinski definition) is 3. The molecule has 0 bridgehead atoms. The first-order valence-electron chi connectivity index (χ1n) is 8.15. The summed E-state index contributed by atoms with van der Waals surface area (Å²) in [7, 11) is 0. The number of piperazine rings is 1. The fourth-order valence-electron chi connectivity index (χ4n) is 2.77. The lowest BCUT2D eigenvalue weighted by Crippen LogP contribution is -2.51. The average Bonchev–Trinajstić information content (AvgIpc) is 2.53. The van der Waals surface area contributed by atoms with Gasteiger partial charge >= 0.3 is 6.18 Å². The molecule has 0 saturated carbocycles. The molecular formula is C17H22F3N3O2. The summed E-state index contributed by atoms with van der Waals surface area (Å²) in [6.07, 6.45) is -4.57. The van der Waals surface area contributed by atoms with E-state index in [9.17, 15) is 22.8 Å². The Morgan fingerprint density at radius 1 is 1.12 bits per heavy atom. The van der Waals surface area contributed by atoms with Crippen LogP contribution in [0.25, 0.3) is 0 Å². The summed E-state index contributed by atoms with van der Waals surface area (Å²) in [5, 5.41) is 2.79. The zero-order valence-corrected chi connectivity index (χ0v) is 14.3. The summed E-state index contributed by atoms with van der Waals surface area (Å²) >= 11 is 0. The number of nitrogens with one attached hydrogen (secondary N) is 1. The van der Waals surface area contributed by atoms with Crippen LogP contribution in [0.3, 0.4) is 0 Å². The lowest BCUT2D eigenvalue weighted by Gasteiger charge is -2.34. The van der Waals surface area contributed by atoms with Gasteiger partial charge in [0.2, 0.25) is 5.91 Å². The van der Waals surface area contributed by atoms with E-state index in [-0.39, 0.29) is 24.1 Å². The molecule has 0 spiro atoms. The molecule has 8 heteroatoms. The van der Waals surface area contributed by atoms with Crippen LogP contribution in [0.5, 0.6) is 0 Å². The maximum atomic E-state index is 13.1. The van der Waals surface area contributed by atoms with Gasteiger partial charge in [0.1, 0.15) is 0 Å². The molecule has 0 aromatic heterocycles. The number of benzene rings is 1. The number of alkyl halides is 3. The van der Waals surface area contributed by atoms with Crippen LogP contribution in [0.4, 0.5) is 13.2 Å². The Kier molecular flexibility index (Phi) is 6.05. The summed E-state index contributed by atoms with van der Waals surface area (Å²) in [4.78, 5) is 27.5. The van der Waals surface area contributed by atoms with Gasteiger partial charge in [-0.1, -0.05) is 12.1 Å². The largest absolute Gasteiger partial charge is 0.417 e. The highest BCUT2D eigenvalue weighted by Crippen LogP contribution is 2.32. The van der Waals surface area contributed by atoms with Crippen molar-refractivity contribution in [2.24, 2.45) is 0 Å². The van der Waals surface area contributed by atoms with Crippen LogP contribution in [0.1, 0.15) is 29.8 Å². The van der Waals surface area contributed by atoms with E-state index < -0.39 is 17.6 Å². The van der Waals surface area contributed by atoms with Crippen molar-refractivity contribution in [1.29, 1.82) is 0 Å². The lowest BCUT2D eigenvalue weighted by atomic mass is 10.1. The number of halogens is 3. The van der Waals surface area contributed by atoms with Crippen LogP contribution in [0, 0.1) is 0 Å². The quantitative estimate of drug-likeness (QED) is 0.897. The van der Waals surface area contributed by atoms with Gasteiger partial charge in [-0.05, 0) is 26.0 Å². The van der Waals surface area contributed by atoms with Crippen molar-refractivity contribution >= 4 is 11.8 Å². The maximum absolute atomic E-state index is 13.1. The molecule has 0 unspecified atom stereocenters.